The van der Waals surface area contributed by atoms with Crippen molar-refractivity contribution in [2.75, 3.05) is 44.4 Å². The van der Waals surface area contributed by atoms with Crippen LogP contribution in [0, 0.1) is 0 Å². The lowest BCUT2D eigenvalue weighted by Crippen LogP contribution is -2.57. The highest BCUT2D eigenvalue weighted by atomic mass is 35.5. The zero-order valence-electron chi connectivity index (χ0n) is 20.2. The van der Waals surface area contributed by atoms with E-state index >= 15 is 0 Å². The molecule has 1 atom stereocenters. The Bertz CT molecular complexity index is 1110. The van der Waals surface area contributed by atoms with Gasteiger partial charge in [0.05, 0.1) is 12.8 Å². The number of likely N-dealkylation sites (tertiary alicyclic amines) is 1. The van der Waals surface area contributed by atoms with Crippen LogP contribution in [-0.2, 0) is 14.3 Å². The van der Waals surface area contributed by atoms with Crippen LogP contribution in [0.3, 0.4) is 0 Å². The van der Waals surface area contributed by atoms with Crippen molar-refractivity contribution in [2.24, 2.45) is 0 Å². The average molecular weight is 511 g/mol. The Balaban J connectivity index is 1.30. The van der Waals surface area contributed by atoms with E-state index in [4.69, 9.17) is 16.3 Å². The van der Waals surface area contributed by atoms with Gasteiger partial charge in [0, 0.05) is 42.5 Å². The van der Waals surface area contributed by atoms with Gasteiger partial charge in [-0.05, 0) is 56.0 Å². The van der Waals surface area contributed by atoms with Crippen LogP contribution in [0.25, 0.3) is 0 Å². The lowest BCUT2D eigenvalue weighted by atomic mass is 9.85. The van der Waals surface area contributed by atoms with Crippen molar-refractivity contribution in [3.05, 3.63) is 65.2 Å². The number of piperidine rings is 1. The fraction of sp³-hybridized carbons (Fsp3) is 0.444. The maximum Gasteiger partial charge on any atom is 0.253 e. The molecule has 1 N–H and O–H groups in total. The summed E-state index contributed by atoms with van der Waals surface area (Å²) in [6.45, 7) is 2.42. The van der Waals surface area contributed by atoms with Crippen molar-refractivity contribution >= 4 is 35.0 Å². The van der Waals surface area contributed by atoms with Crippen molar-refractivity contribution in [2.45, 2.75) is 37.3 Å². The van der Waals surface area contributed by atoms with E-state index in [1.54, 1.807) is 34.1 Å². The van der Waals surface area contributed by atoms with Crippen LogP contribution < -0.4 is 10.2 Å². The average Bonchev–Trinajstić information content (AvgIpc) is 3.51. The Morgan fingerprint density at radius 2 is 1.86 bits per heavy atom. The molecule has 3 fully saturated rings. The third-order valence-corrected chi connectivity index (χ3v) is 7.65. The number of para-hydroxylation sites is 1. The molecule has 1 spiro atoms. The molecule has 5 rings (SSSR count). The van der Waals surface area contributed by atoms with Gasteiger partial charge in [0.1, 0.15) is 12.1 Å². The summed E-state index contributed by atoms with van der Waals surface area (Å²) in [4.78, 5) is 45.1. The Morgan fingerprint density at radius 1 is 1.08 bits per heavy atom. The number of nitrogens with zero attached hydrogens (tertiary/aromatic N) is 3. The van der Waals surface area contributed by atoms with Gasteiger partial charge in [-0.25, -0.2) is 0 Å². The summed E-state index contributed by atoms with van der Waals surface area (Å²) in [5.41, 5.74) is 0.685. The van der Waals surface area contributed by atoms with Crippen LogP contribution in [0.2, 0.25) is 5.02 Å². The summed E-state index contributed by atoms with van der Waals surface area (Å²) >= 11 is 6.08. The maximum atomic E-state index is 13.8. The minimum atomic E-state index is -0.790. The quantitative estimate of drug-likeness (QED) is 0.646. The highest BCUT2D eigenvalue weighted by Crippen LogP contribution is 2.39. The first kappa shape index (κ1) is 24.6. The minimum Gasteiger partial charge on any atom is -0.376 e. The summed E-state index contributed by atoms with van der Waals surface area (Å²) in [5.74, 6) is -0.333. The standard InChI is InChI=1S/C27H31ClN4O4/c28-21-7-4-6-20(16-21)25(34)30-13-11-27(12-14-30)26(35)31(19-32(27)22-8-2-1-3-9-22)18-24(33)29-17-23-10-5-15-36-23/h1-4,6-9,16,23H,5,10-15,17-19H2,(H,29,33). The Hall–Kier alpha value is -3.10. The second-order valence-corrected chi connectivity index (χ2v) is 10.1. The highest BCUT2D eigenvalue weighted by molar-refractivity contribution is 6.31. The van der Waals surface area contributed by atoms with E-state index in [2.05, 4.69) is 10.2 Å². The van der Waals surface area contributed by atoms with Crippen LogP contribution in [0.4, 0.5) is 5.69 Å². The number of carbonyl (C=O) groups is 3. The predicted molar refractivity (Wildman–Crippen MR) is 137 cm³/mol. The molecule has 9 heteroatoms. The number of halogens is 1. The number of benzene rings is 2. The molecule has 3 amide bonds. The van der Waals surface area contributed by atoms with E-state index in [0.717, 1.165) is 25.1 Å². The van der Waals surface area contributed by atoms with Gasteiger partial charge in [-0.15, -0.1) is 0 Å². The van der Waals surface area contributed by atoms with E-state index < -0.39 is 5.54 Å². The van der Waals surface area contributed by atoms with Gasteiger partial charge in [0.15, 0.2) is 0 Å². The summed E-state index contributed by atoms with van der Waals surface area (Å²) < 4.78 is 5.58. The van der Waals surface area contributed by atoms with E-state index in [0.29, 0.717) is 49.7 Å². The molecule has 0 saturated carbocycles. The fourth-order valence-corrected chi connectivity index (χ4v) is 5.66. The summed E-state index contributed by atoms with van der Waals surface area (Å²) in [7, 11) is 0. The molecule has 2 aromatic rings. The first-order chi connectivity index (χ1) is 17.5. The van der Waals surface area contributed by atoms with E-state index in [9.17, 15) is 14.4 Å². The third kappa shape index (κ3) is 4.92. The van der Waals surface area contributed by atoms with E-state index in [1.807, 2.05) is 30.3 Å². The first-order valence-corrected chi connectivity index (χ1v) is 12.9. The van der Waals surface area contributed by atoms with Crippen LogP contribution >= 0.6 is 11.6 Å². The third-order valence-electron chi connectivity index (χ3n) is 7.42. The zero-order chi connectivity index (χ0) is 25.1. The Morgan fingerprint density at radius 3 is 2.56 bits per heavy atom. The zero-order valence-corrected chi connectivity index (χ0v) is 21.0. The molecule has 0 aliphatic carbocycles. The predicted octanol–water partition coefficient (Wildman–Crippen LogP) is 2.92. The number of nitrogens with one attached hydrogen (secondary N) is 1. The van der Waals surface area contributed by atoms with Crippen molar-refractivity contribution in [3.63, 3.8) is 0 Å². The molecular formula is C27H31ClN4O4. The van der Waals surface area contributed by atoms with Crippen LogP contribution in [0.5, 0.6) is 0 Å². The second kappa shape index (κ2) is 10.5. The number of hydrogen-bond acceptors (Lipinski definition) is 5. The number of ether oxygens (including phenoxy) is 1. The van der Waals surface area contributed by atoms with Gasteiger partial charge in [-0.3, -0.25) is 14.4 Å². The minimum absolute atomic E-state index is 0.00178. The van der Waals surface area contributed by atoms with Gasteiger partial charge in [0.2, 0.25) is 5.91 Å². The van der Waals surface area contributed by atoms with E-state index in [1.165, 1.54) is 0 Å². The molecule has 3 saturated heterocycles. The number of carbonyl (C=O) groups excluding carboxylic acids is 3. The van der Waals surface area contributed by atoms with Crippen LogP contribution in [0.1, 0.15) is 36.0 Å². The van der Waals surface area contributed by atoms with Gasteiger partial charge in [0.25, 0.3) is 11.8 Å². The number of amides is 3. The molecule has 3 aliphatic heterocycles. The Kier molecular flexibility index (Phi) is 7.16. The van der Waals surface area contributed by atoms with E-state index in [-0.39, 0.29) is 30.4 Å². The van der Waals surface area contributed by atoms with Crippen molar-refractivity contribution < 1.29 is 19.1 Å². The molecule has 0 radical (unpaired) electrons. The van der Waals surface area contributed by atoms with Gasteiger partial charge in [-0.2, -0.15) is 0 Å². The van der Waals surface area contributed by atoms with Crippen LogP contribution in [-0.4, -0.2) is 78.6 Å². The molecular weight excluding hydrogens is 480 g/mol. The molecule has 3 heterocycles. The molecule has 8 nitrogen and oxygen atoms in total. The molecule has 3 aliphatic rings. The van der Waals surface area contributed by atoms with Gasteiger partial charge < -0.3 is 24.8 Å². The number of hydrogen-bond donors (Lipinski definition) is 1. The second-order valence-electron chi connectivity index (χ2n) is 9.68. The normalized spacial score (nSPS) is 21.3. The van der Waals surface area contributed by atoms with Crippen molar-refractivity contribution in [3.8, 4) is 0 Å². The van der Waals surface area contributed by atoms with Gasteiger partial charge in [-0.1, -0.05) is 35.9 Å². The van der Waals surface area contributed by atoms with Gasteiger partial charge >= 0.3 is 0 Å². The SMILES string of the molecule is O=C(CN1CN(c2ccccc2)C2(CCN(C(=O)c3cccc(Cl)c3)CC2)C1=O)NCC1CCCO1. The van der Waals surface area contributed by atoms with Crippen molar-refractivity contribution in [1.82, 2.24) is 15.1 Å². The number of anilines is 1. The van der Waals surface area contributed by atoms with Crippen molar-refractivity contribution in [1.29, 1.82) is 0 Å². The molecule has 0 aromatic heterocycles. The maximum absolute atomic E-state index is 13.8. The molecule has 0 bridgehead atoms. The monoisotopic (exact) mass is 510 g/mol. The summed E-state index contributed by atoms with van der Waals surface area (Å²) in [5, 5.41) is 3.44. The molecule has 2 aromatic carbocycles. The molecule has 190 valence electrons. The molecule has 36 heavy (non-hydrogen) atoms. The van der Waals surface area contributed by atoms with Crippen LogP contribution in [0.15, 0.2) is 54.6 Å². The lowest BCUT2D eigenvalue weighted by Gasteiger charge is -2.43. The molecule has 1 unspecified atom stereocenters. The fourth-order valence-electron chi connectivity index (χ4n) is 5.47. The summed E-state index contributed by atoms with van der Waals surface area (Å²) in [6, 6.07) is 16.7. The lowest BCUT2D eigenvalue weighted by molar-refractivity contribution is -0.137. The largest absolute Gasteiger partial charge is 0.376 e. The highest BCUT2D eigenvalue weighted by Gasteiger charge is 2.54. The summed E-state index contributed by atoms with van der Waals surface area (Å²) in [6.07, 6.45) is 2.98. The first-order valence-electron chi connectivity index (χ1n) is 12.5. The number of rotatable bonds is 6. The smallest absolute Gasteiger partial charge is 0.253 e. The Labute approximate surface area is 216 Å². The topological polar surface area (TPSA) is 82.2 Å².